The molecule has 0 unspecified atom stereocenters. The van der Waals surface area contributed by atoms with Crippen LogP contribution in [0.4, 0.5) is 0 Å². The lowest BCUT2D eigenvalue weighted by molar-refractivity contribution is 0.869. The summed E-state index contributed by atoms with van der Waals surface area (Å²) < 4.78 is 2.78. The molecule has 1 heteroatoms. The second kappa shape index (κ2) is 4.32. The third-order valence-electron chi connectivity index (χ3n) is 4.03. The Labute approximate surface area is 122 Å². The average molecular weight is 276 g/mol. The van der Waals surface area contributed by atoms with Gasteiger partial charge < -0.3 is 0 Å². The van der Waals surface area contributed by atoms with Crippen molar-refractivity contribution in [2.45, 2.75) is 19.8 Å². The quantitative estimate of drug-likeness (QED) is 0.381. The van der Waals surface area contributed by atoms with E-state index in [-0.39, 0.29) is 0 Å². The third-order valence-corrected chi connectivity index (χ3v) is 5.16. The molecule has 0 aliphatic rings. The Morgan fingerprint density at radius 2 is 1.45 bits per heavy atom. The normalized spacial score (nSPS) is 11.9. The van der Waals surface area contributed by atoms with Crippen molar-refractivity contribution in [1.82, 2.24) is 0 Å². The minimum atomic E-state index is 0.579. The van der Waals surface area contributed by atoms with Crippen molar-refractivity contribution in [3.8, 4) is 0 Å². The second-order valence-electron chi connectivity index (χ2n) is 5.71. The molecule has 0 spiro atoms. The van der Waals surface area contributed by atoms with Gasteiger partial charge in [0.1, 0.15) is 0 Å². The summed E-state index contributed by atoms with van der Waals surface area (Å²) >= 11 is 1.90. The van der Waals surface area contributed by atoms with Gasteiger partial charge in [-0.15, -0.1) is 11.3 Å². The lowest BCUT2D eigenvalue weighted by Gasteiger charge is -2.05. The van der Waals surface area contributed by atoms with E-state index in [9.17, 15) is 0 Å². The number of thiophene rings is 1. The molecule has 0 atom stereocenters. The largest absolute Gasteiger partial charge is 0.135 e. The average Bonchev–Trinajstić information content (AvgIpc) is 2.81. The maximum atomic E-state index is 2.37. The molecular formula is C19H16S. The number of hydrogen-bond acceptors (Lipinski definition) is 1. The van der Waals surface area contributed by atoms with Gasteiger partial charge in [-0.3, -0.25) is 0 Å². The van der Waals surface area contributed by atoms with Gasteiger partial charge in [-0.1, -0.05) is 44.2 Å². The first-order valence-corrected chi connectivity index (χ1v) is 7.89. The Hall–Kier alpha value is -1.86. The van der Waals surface area contributed by atoms with Gasteiger partial charge in [-0.25, -0.2) is 0 Å². The van der Waals surface area contributed by atoms with E-state index in [0.717, 1.165) is 0 Å². The summed E-state index contributed by atoms with van der Waals surface area (Å²) in [4.78, 5) is 0. The molecule has 0 fully saturated rings. The molecule has 4 aromatic rings. The Morgan fingerprint density at radius 1 is 0.750 bits per heavy atom. The van der Waals surface area contributed by atoms with Crippen LogP contribution in [0.25, 0.3) is 30.9 Å². The summed E-state index contributed by atoms with van der Waals surface area (Å²) in [7, 11) is 0. The number of hydrogen-bond donors (Lipinski definition) is 0. The van der Waals surface area contributed by atoms with Crippen LogP contribution in [0.1, 0.15) is 25.3 Å². The van der Waals surface area contributed by atoms with Crippen molar-refractivity contribution in [1.29, 1.82) is 0 Å². The van der Waals surface area contributed by atoms with Crippen LogP contribution in [0.15, 0.2) is 54.6 Å². The number of fused-ring (bicyclic) bond motifs is 4. The van der Waals surface area contributed by atoms with Gasteiger partial charge >= 0.3 is 0 Å². The van der Waals surface area contributed by atoms with E-state index in [1.54, 1.807) is 0 Å². The molecule has 0 saturated heterocycles. The first-order valence-electron chi connectivity index (χ1n) is 7.07. The fraction of sp³-hybridized carbons (Fsp3) is 0.158. The van der Waals surface area contributed by atoms with Crippen molar-refractivity contribution in [3.05, 3.63) is 60.2 Å². The molecular weight excluding hydrogens is 260 g/mol. The second-order valence-corrected chi connectivity index (χ2v) is 6.79. The SMILES string of the molecule is CC(C)c1ccc2sc3cc4ccccc4cc3c2c1. The molecule has 0 amide bonds. The van der Waals surface area contributed by atoms with Crippen LogP contribution in [0.2, 0.25) is 0 Å². The molecule has 98 valence electrons. The molecule has 0 aliphatic carbocycles. The van der Waals surface area contributed by atoms with Crippen LogP contribution in [0.3, 0.4) is 0 Å². The van der Waals surface area contributed by atoms with Crippen molar-refractivity contribution in [3.63, 3.8) is 0 Å². The van der Waals surface area contributed by atoms with Crippen LogP contribution in [-0.4, -0.2) is 0 Å². The highest BCUT2D eigenvalue weighted by Gasteiger charge is 2.08. The summed E-state index contributed by atoms with van der Waals surface area (Å²) in [6.45, 7) is 4.51. The van der Waals surface area contributed by atoms with Gasteiger partial charge in [0.25, 0.3) is 0 Å². The van der Waals surface area contributed by atoms with E-state index < -0.39 is 0 Å². The predicted octanol–water partition coefficient (Wildman–Crippen LogP) is 6.33. The van der Waals surface area contributed by atoms with Crippen molar-refractivity contribution in [2.75, 3.05) is 0 Å². The molecule has 0 nitrogen and oxygen atoms in total. The number of benzene rings is 3. The molecule has 4 rings (SSSR count). The first-order chi connectivity index (χ1) is 9.72. The fourth-order valence-corrected chi connectivity index (χ4v) is 3.96. The Kier molecular flexibility index (Phi) is 2.58. The van der Waals surface area contributed by atoms with Gasteiger partial charge in [0, 0.05) is 20.2 Å². The first kappa shape index (κ1) is 11.9. The van der Waals surface area contributed by atoms with E-state index in [1.165, 1.54) is 36.5 Å². The van der Waals surface area contributed by atoms with E-state index >= 15 is 0 Å². The lowest BCUT2D eigenvalue weighted by atomic mass is 10.00. The zero-order valence-corrected chi connectivity index (χ0v) is 12.5. The molecule has 0 N–H and O–H groups in total. The van der Waals surface area contributed by atoms with Gasteiger partial charge in [-0.2, -0.15) is 0 Å². The molecule has 0 saturated carbocycles. The smallest absolute Gasteiger partial charge is 0.0361 e. The van der Waals surface area contributed by atoms with Crippen molar-refractivity contribution < 1.29 is 0 Å². The van der Waals surface area contributed by atoms with Crippen molar-refractivity contribution in [2.24, 2.45) is 0 Å². The third kappa shape index (κ3) is 1.74. The standard InChI is InChI=1S/C19H16S/c1-12(2)13-7-8-18-16(9-13)17-10-14-5-3-4-6-15(14)11-19(17)20-18/h3-12H,1-2H3. The van der Waals surface area contributed by atoms with Gasteiger partial charge in [0.05, 0.1) is 0 Å². The van der Waals surface area contributed by atoms with Crippen LogP contribution in [0.5, 0.6) is 0 Å². The summed E-state index contributed by atoms with van der Waals surface area (Å²) in [6.07, 6.45) is 0. The number of rotatable bonds is 1. The topological polar surface area (TPSA) is 0 Å². The molecule has 0 bridgehead atoms. The van der Waals surface area contributed by atoms with E-state index in [0.29, 0.717) is 5.92 Å². The monoisotopic (exact) mass is 276 g/mol. The minimum absolute atomic E-state index is 0.579. The minimum Gasteiger partial charge on any atom is -0.135 e. The van der Waals surface area contributed by atoms with E-state index in [2.05, 4.69) is 68.4 Å². The maximum absolute atomic E-state index is 2.37. The molecule has 20 heavy (non-hydrogen) atoms. The van der Waals surface area contributed by atoms with Crippen LogP contribution < -0.4 is 0 Å². The highest BCUT2D eigenvalue weighted by Crippen LogP contribution is 2.37. The molecule has 1 heterocycles. The summed E-state index contributed by atoms with van der Waals surface area (Å²) in [5.41, 5.74) is 1.42. The Balaban J connectivity index is 2.13. The van der Waals surface area contributed by atoms with E-state index in [1.807, 2.05) is 11.3 Å². The van der Waals surface area contributed by atoms with Crippen LogP contribution in [0, 0.1) is 0 Å². The molecule has 0 aliphatic heterocycles. The summed E-state index contributed by atoms with van der Waals surface area (Å²) in [5.74, 6) is 0.579. The maximum Gasteiger partial charge on any atom is 0.0361 e. The van der Waals surface area contributed by atoms with Gasteiger partial charge in [0.2, 0.25) is 0 Å². The Bertz CT molecular complexity index is 928. The summed E-state index contributed by atoms with van der Waals surface area (Å²) in [5, 5.41) is 5.46. The lowest BCUT2D eigenvalue weighted by Crippen LogP contribution is -1.85. The highest BCUT2D eigenvalue weighted by molar-refractivity contribution is 7.25. The zero-order valence-electron chi connectivity index (χ0n) is 11.7. The molecule has 1 aromatic heterocycles. The summed E-state index contributed by atoms with van der Waals surface area (Å²) in [6, 6.07) is 20.2. The van der Waals surface area contributed by atoms with E-state index in [4.69, 9.17) is 0 Å². The highest BCUT2D eigenvalue weighted by atomic mass is 32.1. The molecule has 0 radical (unpaired) electrons. The molecule has 3 aromatic carbocycles. The zero-order chi connectivity index (χ0) is 13.7. The van der Waals surface area contributed by atoms with Crippen LogP contribution in [-0.2, 0) is 0 Å². The predicted molar refractivity (Wildman–Crippen MR) is 90.9 cm³/mol. The van der Waals surface area contributed by atoms with Gasteiger partial charge in [0.15, 0.2) is 0 Å². The Morgan fingerprint density at radius 3 is 2.20 bits per heavy atom. The van der Waals surface area contributed by atoms with Gasteiger partial charge in [-0.05, 0) is 46.5 Å². The van der Waals surface area contributed by atoms with Crippen LogP contribution >= 0.6 is 11.3 Å². The van der Waals surface area contributed by atoms with Crippen molar-refractivity contribution >= 4 is 42.3 Å². The fourth-order valence-electron chi connectivity index (χ4n) is 2.84.